The number of nitrogens with zero attached hydrogens (tertiary/aromatic N) is 4. The van der Waals surface area contributed by atoms with Crippen LogP contribution in [0.5, 0.6) is 0 Å². The quantitative estimate of drug-likeness (QED) is 0.561. The molecule has 4 atom stereocenters. The first kappa shape index (κ1) is 11.6. The highest BCUT2D eigenvalue weighted by Crippen LogP contribution is 2.28. The van der Waals surface area contributed by atoms with E-state index in [1.165, 1.54) is 0 Å². The van der Waals surface area contributed by atoms with Gasteiger partial charge in [-0.3, -0.25) is 0 Å². The fourth-order valence-corrected chi connectivity index (χ4v) is 1.62. The van der Waals surface area contributed by atoms with Gasteiger partial charge in [0, 0.05) is 6.42 Å². The van der Waals surface area contributed by atoms with Crippen LogP contribution < -0.4 is 0 Å². The molecule has 4 heteroatoms. The van der Waals surface area contributed by atoms with Crippen LogP contribution in [0.25, 0.3) is 0 Å². The van der Waals surface area contributed by atoms with Gasteiger partial charge in [-0.1, -0.05) is 5.92 Å². The summed E-state index contributed by atoms with van der Waals surface area (Å²) in [5.74, 6) is 3.19. The molecule has 0 amide bonds. The summed E-state index contributed by atoms with van der Waals surface area (Å²) in [6, 6.07) is 8.02. The van der Waals surface area contributed by atoms with Crippen LogP contribution in [0.15, 0.2) is 0 Å². The van der Waals surface area contributed by atoms with Crippen molar-refractivity contribution in [2.45, 2.75) is 12.8 Å². The van der Waals surface area contributed by atoms with E-state index in [9.17, 15) is 0 Å². The lowest BCUT2D eigenvalue weighted by Crippen LogP contribution is -2.21. The molecule has 0 heterocycles. The van der Waals surface area contributed by atoms with E-state index in [0.717, 1.165) is 0 Å². The van der Waals surface area contributed by atoms with Crippen molar-refractivity contribution in [1.82, 2.24) is 0 Å². The van der Waals surface area contributed by atoms with Gasteiger partial charge in [-0.15, -0.1) is 5.92 Å². The molecule has 76 valence electrons. The molecular weight excluding hydrogens is 200 g/mol. The van der Waals surface area contributed by atoms with Crippen LogP contribution in [-0.4, -0.2) is 0 Å². The third-order valence-corrected chi connectivity index (χ3v) is 2.61. The molecule has 0 radical (unpaired) electrons. The molecule has 16 heavy (non-hydrogen) atoms. The van der Waals surface area contributed by atoms with Gasteiger partial charge >= 0.3 is 0 Å². The molecule has 0 N–H and O–H groups in total. The first-order chi connectivity index (χ1) is 7.76. The lowest BCUT2D eigenvalue weighted by Gasteiger charge is -2.19. The van der Waals surface area contributed by atoms with E-state index in [2.05, 4.69) is 11.8 Å². The first-order valence-corrected chi connectivity index (χ1v) is 4.83. The summed E-state index contributed by atoms with van der Waals surface area (Å²) in [5.41, 5.74) is 0. The largest absolute Gasteiger partial charge is 0.198 e. The zero-order valence-corrected chi connectivity index (χ0v) is 8.51. The first-order valence-electron chi connectivity index (χ1n) is 4.83. The van der Waals surface area contributed by atoms with Gasteiger partial charge in [-0.25, -0.2) is 0 Å². The fraction of sp³-hybridized carbons (Fsp3) is 0.500. The van der Waals surface area contributed by atoms with E-state index in [4.69, 9.17) is 21.0 Å². The normalized spacial score (nSPS) is 32.2. The molecule has 4 nitrogen and oxygen atoms in total. The predicted octanol–water partition coefficient (Wildman–Crippen LogP) is 1.34. The second-order valence-corrected chi connectivity index (χ2v) is 3.57. The average Bonchev–Trinajstić information content (AvgIpc) is 2.30. The summed E-state index contributed by atoms with van der Waals surface area (Å²) in [7, 11) is 0. The van der Waals surface area contributed by atoms with E-state index in [0.29, 0.717) is 6.42 Å². The predicted molar refractivity (Wildman–Crippen MR) is 53.4 cm³/mol. The maximum Gasteiger partial charge on any atom is 0.123 e. The summed E-state index contributed by atoms with van der Waals surface area (Å²) in [6.07, 6.45) is 0.545. The smallest absolute Gasteiger partial charge is 0.123 e. The molecule has 1 rings (SSSR count). The van der Waals surface area contributed by atoms with Gasteiger partial charge in [0.15, 0.2) is 0 Å². The van der Waals surface area contributed by atoms with Crippen molar-refractivity contribution in [3.8, 4) is 36.1 Å². The number of nitriles is 4. The zero-order chi connectivity index (χ0) is 12.0. The van der Waals surface area contributed by atoms with Gasteiger partial charge in [0.05, 0.1) is 42.0 Å². The lowest BCUT2D eigenvalue weighted by atomic mass is 9.78. The molecule has 0 saturated heterocycles. The number of hydrogen-bond acceptors (Lipinski definition) is 4. The Hall–Kier alpha value is -2.48. The van der Waals surface area contributed by atoms with E-state index in [1.54, 1.807) is 0 Å². The van der Waals surface area contributed by atoms with Gasteiger partial charge in [0.1, 0.15) is 5.92 Å². The topological polar surface area (TPSA) is 95.2 Å². The highest BCUT2D eigenvalue weighted by Gasteiger charge is 2.30. The standard InChI is InChI=1S/C12H8N4/c13-5-9-2-1-3-10(6-14)12(8-16)4-11(9)7-15/h9-12H,2,4H2. The third kappa shape index (κ3) is 2.30. The molecule has 0 aromatic carbocycles. The minimum absolute atomic E-state index is 0.248. The van der Waals surface area contributed by atoms with Crippen LogP contribution in [0.1, 0.15) is 12.8 Å². The fourth-order valence-electron chi connectivity index (χ4n) is 1.62. The molecule has 0 aliphatic heterocycles. The molecule has 0 saturated carbocycles. The van der Waals surface area contributed by atoms with Crippen molar-refractivity contribution in [3.05, 3.63) is 0 Å². The molecular formula is C12H8N4. The van der Waals surface area contributed by atoms with Crippen LogP contribution in [0, 0.1) is 80.8 Å². The van der Waals surface area contributed by atoms with Crippen molar-refractivity contribution in [3.63, 3.8) is 0 Å². The minimum Gasteiger partial charge on any atom is -0.198 e. The van der Waals surface area contributed by atoms with E-state index in [-0.39, 0.29) is 6.42 Å². The molecule has 0 bridgehead atoms. The summed E-state index contributed by atoms with van der Waals surface area (Å²) >= 11 is 0. The Morgan fingerprint density at radius 3 is 1.94 bits per heavy atom. The summed E-state index contributed by atoms with van der Waals surface area (Å²) in [4.78, 5) is 0. The van der Waals surface area contributed by atoms with Crippen molar-refractivity contribution in [2.75, 3.05) is 0 Å². The molecule has 0 spiro atoms. The Balaban J connectivity index is 3.04. The number of rotatable bonds is 0. The highest BCUT2D eigenvalue weighted by molar-refractivity contribution is 5.21. The number of hydrogen-bond donors (Lipinski definition) is 0. The summed E-state index contributed by atoms with van der Waals surface area (Å²) in [6.45, 7) is 0. The Labute approximate surface area is 94.3 Å². The van der Waals surface area contributed by atoms with E-state index < -0.39 is 23.7 Å². The van der Waals surface area contributed by atoms with Gasteiger partial charge in [-0.2, -0.15) is 21.0 Å². The van der Waals surface area contributed by atoms with Gasteiger partial charge in [-0.05, 0) is 6.42 Å². The molecule has 1 aliphatic rings. The molecule has 0 aromatic rings. The molecule has 1 aliphatic carbocycles. The van der Waals surface area contributed by atoms with Crippen LogP contribution in [0.4, 0.5) is 0 Å². The van der Waals surface area contributed by atoms with Crippen molar-refractivity contribution in [1.29, 1.82) is 21.0 Å². The second kappa shape index (κ2) is 5.41. The Morgan fingerprint density at radius 2 is 1.44 bits per heavy atom. The summed E-state index contributed by atoms with van der Waals surface area (Å²) in [5, 5.41) is 35.6. The van der Waals surface area contributed by atoms with Crippen LogP contribution in [0.2, 0.25) is 0 Å². The third-order valence-electron chi connectivity index (χ3n) is 2.61. The second-order valence-electron chi connectivity index (χ2n) is 3.57. The molecule has 4 unspecified atom stereocenters. The van der Waals surface area contributed by atoms with Crippen LogP contribution >= 0.6 is 0 Å². The van der Waals surface area contributed by atoms with E-state index in [1.807, 2.05) is 24.3 Å². The Morgan fingerprint density at radius 1 is 0.812 bits per heavy atom. The van der Waals surface area contributed by atoms with Crippen LogP contribution in [-0.2, 0) is 0 Å². The van der Waals surface area contributed by atoms with Gasteiger partial charge in [0.2, 0.25) is 0 Å². The zero-order valence-electron chi connectivity index (χ0n) is 8.51. The average molecular weight is 208 g/mol. The maximum absolute atomic E-state index is 8.94. The molecule has 0 aromatic heterocycles. The van der Waals surface area contributed by atoms with E-state index >= 15 is 0 Å². The maximum atomic E-state index is 8.94. The Bertz CT molecular complexity index is 483. The lowest BCUT2D eigenvalue weighted by molar-refractivity contribution is 0.390. The SMILES string of the molecule is N#CC1C#CCC(C#N)C(C#N)CC1C#N. The van der Waals surface area contributed by atoms with Crippen LogP contribution in [0.3, 0.4) is 0 Å². The summed E-state index contributed by atoms with van der Waals surface area (Å²) < 4.78 is 0. The van der Waals surface area contributed by atoms with Crippen molar-refractivity contribution < 1.29 is 0 Å². The van der Waals surface area contributed by atoms with Gasteiger partial charge in [0.25, 0.3) is 0 Å². The highest BCUT2D eigenvalue weighted by atomic mass is 14.4. The van der Waals surface area contributed by atoms with Crippen molar-refractivity contribution in [2.24, 2.45) is 23.7 Å². The minimum atomic E-state index is -0.652. The van der Waals surface area contributed by atoms with Crippen molar-refractivity contribution >= 4 is 0 Å². The van der Waals surface area contributed by atoms with Gasteiger partial charge < -0.3 is 0 Å². The monoisotopic (exact) mass is 208 g/mol. The Kier molecular flexibility index (Phi) is 3.92. The molecule has 0 fully saturated rings.